The van der Waals surface area contributed by atoms with Crippen LogP contribution in [0.3, 0.4) is 0 Å². The second-order valence-corrected chi connectivity index (χ2v) is 7.41. The average molecular weight is 276 g/mol. The van der Waals surface area contributed by atoms with E-state index in [2.05, 4.69) is 6.92 Å². The van der Waals surface area contributed by atoms with Crippen LogP contribution >= 0.6 is 0 Å². The molecule has 1 rings (SSSR count). The highest BCUT2D eigenvalue weighted by Crippen LogP contribution is 2.19. The highest BCUT2D eigenvalue weighted by atomic mass is 32.2. The summed E-state index contributed by atoms with van der Waals surface area (Å²) in [6.07, 6.45) is 2.75. The number of sulfone groups is 1. The van der Waals surface area contributed by atoms with Crippen molar-refractivity contribution in [3.63, 3.8) is 0 Å². The molecule has 1 fully saturated rings. The number of carbonyl (C=O) groups excluding carboxylic acids is 1. The normalized spacial score (nSPS) is 23.8. The molecule has 1 heterocycles. The molecule has 2 atom stereocenters. The molecule has 18 heavy (non-hydrogen) atoms. The predicted octanol–water partition coefficient (Wildman–Crippen LogP) is 0.540. The Morgan fingerprint density at radius 2 is 2.17 bits per heavy atom. The zero-order valence-corrected chi connectivity index (χ0v) is 12.1. The topological polar surface area (TPSA) is 80.5 Å². The highest BCUT2D eigenvalue weighted by molar-refractivity contribution is 7.91. The third-order valence-corrected chi connectivity index (χ3v) is 4.97. The van der Waals surface area contributed by atoms with Crippen molar-refractivity contribution in [1.29, 1.82) is 0 Å². The molecule has 0 aromatic rings. The average Bonchev–Trinajstić information content (AvgIpc) is 2.58. The number of nitrogens with two attached hydrogens (primary N) is 1. The highest BCUT2D eigenvalue weighted by Gasteiger charge is 2.34. The summed E-state index contributed by atoms with van der Waals surface area (Å²) in [6, 6.07) is -0.326. The zero-order chi connectivity index (χ0) is 13.8. The predicted molar refractivity (Wildman–Crippen MR) is 71.9 cm³/mol. The van der Waals surface area contributed by atoms with Crippen molar-refractivity contribution in [3.05, 3.63) is 0 Å². The summed E-state index contributed by atoms with van der Waals surface area (Å²) in [5.74, 6) is 0.299. The maximum absolute atomic E-state index is 12.1. The SMILES string of the molecule is CCCCN(C(=O)CC(C)N)C1CCS(=O)(=O)C1. The van der Waals surface area contributed by atoms with Crippen LogP contribution in [-0.2, 0) is 14.6 Å². The van der Waals surface area contributed by atoms with Crippen molar-refractivity contribution in [2.75, 3.05) is 18.1 Å². The molecule has 2 unspecified atom stereocenters. The van der Waals surface area contributed by atoms with Gasteiger partial charge >= 0.3 is 0 Å². The van der Waals surface area contributed by atoms with E-state index >= 15 is 0 Å². The van der Waals surface area contributed by atoms with Gasteiger partial charge in [0, 0.05) is 25.0 Å². The van der Waals surface area contributed by atoms with Gasteiger partial charge in [-0.1, -0.05) is 13.3 Å². The van der Waals surface area contributed by atoms with Crippen molar-refractivity contribution < 1.29 is 13.2 Å². The van der Waals surface area contributed by atoms with Gasteiger partial charge in [0.25, 0.3) is 0 Å². The third kappa shape index (κ3) is 4.57. The van der Waals surface area contributed by atoms with Crippen LogP contribution < -0.4 is 5.73 Å². The molecular weight excluding hydrogens is 252 g/mol. The van der Waals surface area contributed by atoms with Gasteiger partial charge in [0.2, 0.25) is 5.91 Å². The first-order chi connectivity index (χ1) is 8.35. The number of carbonyl (C=O) groups is 1. The van der Waals surface area contributed by atoms with Crippen molar-refractivity contribution in [2.45, 2.75) is 51.6 Å². The molecule has 106 valence electrons. The number of unbranched alkanes of at least 4 members (excludes halogenated alkanes) is 1. The second-order valence-electron chi connectivity index (χ2n) is 5.18. The minimum absolute atomic E-state index is 0.0134. The van der Waals surface area contributed by atoms with Crippen molar-refractivity contribution >= 4 is 15.7 Å². The molecule has 0 aliphatic carbocycles. The lowest BCUT2D eigenvalue weighted by Crippen LogP contribution is -2.43. The first-order valence-corrected chi connectivity index (χ1v) is 8.43. The van der Waals surface area contributed by atoms with Gasteiger partial charge in [-0.2, -0.15) is 0 Å². The summed E-state index contributed by atoms with van der Waals surface area (Å²) in [6.45, 7) is 4.49. The molecule has 0 saturated carbocycles. The van der Waals surface area contributed by atoms with Gasteiger partial charge < -0.3 is 10.6 Å². The molecule has 1 aliphatic rings. The maximum atomic E-state index is 12.1. The van der Waals surface area contributed by atoms with E-state index in [4.69, 9.17) is 5.73 Å². The van der Waals surface area contributed by atoms with E-state index < -0.39 is 9.84 Å². The Morgan fingerprint density at radius 1 is 1.50 bits per heavy atom. The molecule has 0 aromatic heterocycles. The molecule has 0 bridgehead atoms. The molecule has 2 N–H and O–H groups in total. The number of hydrogen-bond donors (Lipinski definition) is 1. The van der Waals surface area contributed by atoms with Crippen LogP contribution in [0, 0.1) is 0 Å². The maximum Gasteiger partial charge on any atom is 0.224 e. The van der Waals surface area contributed by atoms with Gasteiger partial charge in [-0.3, -0.25) is 4.79 Å². The Balaban J connectivity index is 2.69. The molecule has 1 saturated heterocycles. The lowest BCUT2D eigenvalue weighted by atomic mass is 10.1. The van der Waals surface area contributed by atoms with Crippen LogP contribution in [0.5, 0.6) is 0 Å². The lowest BCUT2D eigenvalue weighted by molar-refractivity contribution is -0.133. The van der Waals surface area contributed by atoms with Crippen molar-refractivity contribution in [1.82, 2.24) is 4.90 Å². The first kappa shape index (κ1) is 15.4. The van der Waals surface area contributed by atoms with Crippen molar-refractivity contribution in [2.24, 2.45) is 5.73 Å². The minimum atomic E-state index is -2.95. The first-order valence-electron chi connectivity index (χ1n) is 6.61. The van der Waals surface area contributed by atoms with Crippen LogP contribution in [0.2, 0.25) is 0 Å². The fraction of sp³-hybridized carbons (Fsp3) is 0.917. The Hall–Kier alpha value is -0.620. The molecule has 0 spiro atoms. The van der Waals surface area contributed by atoms with E-state index in [1.807, 2.05) is 0 Å². The quantitative estimate of drug-likeness (QED) is 0.768. The Morgan fingerprint density at radius 3 is 2.61 bits per heavy atom. The summed E-state index contributed by atoms with van der Waals surface area (Å²) < 4.78 is 23.0. The van der Waals surface area contributed by atoms with Crippen LogP contribution in [-0.4, -0.2) is 49.4 Å². The van der Waals surface area contributed by atoms with E-state index in [1.165, 1.54) is 0 Å². The molecule has 1 amide bonds. The van der Waals surface area contributed by atoms with Gasteiger partial charge in [-0.15, -0.1) is 0 Å². The fourth-order valence-corrected chi connectivity index (χ4v) is 3.98. The molecule has 0 aromatic carbocycles. The number of amides is 1. The molecule has 5 nitrogen and oxygen atoms in total. The van der Waals surface area contributed by atoms with Crippen LogP contribution in [0.1, 0.15) is 39.5 Å². The molecule has 1 aliphatic heterocycles. The fourth-order valence-electron chi connectivity index (χ4n) is 2.25. The summed E-state index contributed by atoms with van der Waals surface area (Å²) in [4.78, 5) is 13.8. The monoisotopic (exact) mass is 276 g/mol. The lowest BCUT2D eigenvalue weighted by Gasteiger charge is -2.29. The van der Waals surface area contributed by atoms with E-state index in [1.54, 1.807) is 11.8 Å². The molecule has 0 radical (unpaired) electrons. The van der Waals surface area contributed by atoms with Crippen LogP contribution in [0.25, 0.3) is 0 Å². The summed E-state index contributed by atoms with van der Waals surface area (Å²) in [7, 11) is -2.95. The standard InChI is InChI=1S/C12H24N2O3S/c1-3-4-6-14(12(15)8-10(2)13)11-5-7-18(16,17)9-11/h10-11H,3-9,13H2,1-2H3. The van der Waals surface area contributed by atoms with Gasteiger partial charge in [-0.25, -0.2) is 8.42 Å². The van der Waals surface area contributed by atoms with Gasteiger partial charge in [0.05, 0.1) is 11.5 Å². The smallest absolute Gasteiger partial charge is 0.224 e. The van der Waals surface area contributed by atoms with E-state index in [0.29, 0.717) is 19.4 Å². The van der Waals surface area contributed by atoms with E-state index in [9.17, 15) is 13.2 Å². The van der Waals surface area contributed by atoms with Gasteiger partial charge in [0.1, 0.15) is 0 Å². The summed E-state index contributed by atoms with van der Waals surface area (Å²) in [5, 5.41) is 0. The molecular formula is C12H24N2O3S. The minimum Gasteiger partial charge on any atom is -0.339 e. The summed E-state index contributed by atoms with van der Waals surface area (Å²) in [5.41, 5.74) is 5.65. The Kier molecular flexibility index (Phi) is 5.59. The Labute approximate surface area is 110 Å². The van der Waals surface area contributed by atoms with Gasteiger partial charge in [-0.05, 0) is 19.8 Å². The number of nitrogens with zero attached hydrogens (tertiary/aromatic N) is 1. The largest absolute Gasteiger partial charge is 0.339 e. The van der Waals surface area contributed by atoms with Crippen LogP contribution in [0.15, 0.2) is 0 Å². The Bertz CT molecular complexity index is 379. The molecule has 6 heteroatoms. The number of hydrogen-bond acceptors (Lipinski definition) is 4. The second kappa shape index (κ2) is 6.52. The van der Waals surface area contributed by atoms with Gasteiger partial charge in [0.15, 0.2) is 9.84 Å². The summed E-state index contributed by atoms with van der Waals surface area (Å²) >= 11 is 0. The van der Waals surface area contributed by atoms with E-state index in [-0.39, 0.29) is 29.5 Å². The van der Waals surface area contributed by atoms with Crippen LogP contribution in [0.4, 0.5) is 0 Å². The zero-order valence-electron chi connectivity index (χ0n) is 11.3. The number of rotatable bonds is 6. The van der Waals surface area contributed by atoms with E-state index in [0.717, 1.165) is 12.8 Å². The third-order valence-electron chi connectivity index (χ3n) is 3.22. The van der Waals surface area contributed by atoms with Crippen molar-refractivity contribution in [3.8, 4) is 0 Å².